The summed E-state index contributed by atoms with van der Waals surface area (Å²) in [6.07, 6.45) is 6.80. The molecule has 0 saturated carbocycles. The predicted molar refractivity (Wildman–Crippen MR) is 86.0 cm³/mol. The predicted octanol–water partition coefficient (Wildman–Crippen LogP) is 2.08. The molecule has 20 heavy (non-hydrogen) atoms. The van der Waals surface area contributed by atoms with E-state index in [0.717, 1.165) is 11.3 Å². The minimum Gasteiger partial charge on any atom is -0.399 e. The van der Waals surface area contributed by atoms with Crippen LogP contribution >= 0.6 is 11.8 Å². The van der Waals surface area contributed by atoms with E-state index in [-0.39, 0.29) is 5.75 Å². The Morgan fingerprint density at radius 3 is 2.60 bits per heavy atom. The van der Waals surface area contributed by atoms with Crippen molar-refractivity contribution in [1.82, 2.24) is 4.72 Å². The summed E-state index contributed by atoms with van der Waals surface area (Å²) in [4.78, 5) is 0.997. The molecule has 1 rings (SSSR count). The summed E-state index contributed by atoms with van der Waals surface area (Å²) >= 11 is 1.48. The Labute approximate surface area is 125 Å². The van der Waals surface area contributed by atoms with Crippen molar-refractivity contribution in [3.63, 3.8) is 0 Å². The fourth-order valence-electron chi connectivity index (χ4n) is 1.57. The van der Waals surface area contributed by atoms with E-state index in [2.05, 4.69) is 10.6 Å². The Bertz CT molecular complexity index is 548. The number of terminal acetylenes is 1. The molecule has 0 bridgehead atoms. The highest BCUT2D eigenvalue weighted by Crippen LogP contribution is 2.19. The zero-order valence-electron chi connectivity index (χ0n) is 11.5. The zero-order chi connectivity index (χ0) is 15.0. The van der Waals surface area contributed by atoms with Crippen LogP contribution in [-0.2, 0) is 10.0 Å². The Kier molecular flexibility index (Phi) is 6.93. The maximum Gasteiger partial charge on any atom is 0.213 e. The van der Waals surface area contributed by atoms with Gasteiger partial charge in [-0.2, -0.15) is 0 Å². The van der Waals surface area contributed by atoms with Gasteiger partial charge in [0.25, 0.3) is 0 Å². The molecule has 0 aliphatic carbocycles. The summed E-state index contributed by atoms with van der Waals surface area (Å²) in [5, 5.41) is 0. The number of nitrogens with one attached hydrogen (secondary N) is 1. The Morgan fingerprint density at radius 2 is 2.05 bits per heavy atom. The first kappa shape index (κ1) is 16.9. The minimum atomic E-state index is -3.33. The average Bonchev–Trinajstić information content (AvgIpc) is 2.40. The van der Waals surface area contributed by atoms with Gasteiger partial charge < -0.3 is 5.73 Å². The molecule has 0 aliphatic heterocycles. The van der Waals surface area contributed by atoms with E-state index in [1.807, 2.05) is 19.1 Å². The van der Waals surface area contributed by atoms with Gasteiger partial charge in [-0.3, -0.25) is 0 Å². The molecule has 0 aliphatic rings. The van der Waals surface area contributed by atoms with E-state index in [1.165, 1.54) is 11.8 Å². The fraction of sp³-hybridized carbons (Fsp3) is 0.429. The zero-order valence-corrected chi connectivity index (χ0v) is 13.1. The summed E-state index contributed by atoms with van der Waals surface area (Å²) in [5.74, 6) is 2.98. The second kappa shape index (κ2) is 8.20. The van der Waals surface area contributed by atoms with Crippen LogP contribution in [0.15, 0.2) is 29.2 Å². The van der Waals surface area contributed by atoms with Gasteiger partial charge in [0, 0.05) is 16.3 Å². The van der Waals surface area contributed by atoms with Crippen LogP contribution < -0.4 is 10.5 Å². The van der Waals surface area contributed by atoms with Crippen LogP contribution in [0.2, 0.25) is 0 Å². The Hall–Kier alpha value is -1.16. The molecule has 0 fully saturated rings. The van der Waals surface area contributed by atoms with Gasteiger partial charge in [-0.25, -0.2) is 13.1 Å². The van der Waals surface area contributed by atoms with E-state index >= 15 is 0 Å². The fourth-order valence-corrected chi connectivity index (χ4v) is 4.09. The number of rotatable bonds is 8. The third kappa shape index (κ3) is 6.33. The molecule has 6 heteroatoms. The quantitative estimate of drug-likeness (QED) is 0.438. The molecule has 0 aromatic heterocycles. The van der Waals surface area contributed by atoms with Crippen molar-refractivity contribution in [3.05, 3.63) is 24.3 Å². The van der Waals surface area contributed by atoms with Crippen molar-refractivity contribution in [2.75, 3.05) is 17.2 Å². The molecule has 1 unspecified atom stereocenters. The molecule has 1 atom stereocenters. The van der Waals surface area contributed by atoms with Gasteiger partial charge in [0.2, 0.25) is 10.0 Å². The van der Waals surface area contributed by atoms with Crippen LogP contribution in [-0.4, -0.2) is 26.0 Å². The lowest BCUT2D eigenvalue weighted by Gasteiger charge is -2.12. The molecule has 0 spiro atoms. The summed E-state index contributed by atoms with van der Waals surface area (Å²) < 4.78 is 26.3. The van der Waals surface area contributed by atoms with E-state index in [0.29, 0.717) is 17.9 Å². The first-order valence-electron chi connectivity index (χ1n) is 6.41. The second-order valence-electron chi connectivity index (χ2n) is 4.36. The smallest absolute Gasteiger partial charge is 0.213 e. The van der Waals surface area contributed by atoms with Crippen molar-refractivity contribution in [3.8, 4) is 12.3 Å². The molecule has 0 radical (unpaired) electrons. The second-order valence-corrected chi connectivity index (χ2v) is 7.40. The number of hydrogen-bond donors (Lipinski definition) is 2. The monoisotopic (exact) mass is 312 g/mol. The molecule has 110 valence electrons. The van der Waals surface area contributed by atoms with Gasteiger partial charge in [0.15, 0.2) is 0 Å². The standard InChI is InChI=1S/C14H20N2O2S2/c1-3-5-13(4-2)16-20(17,18)11-10-19-14-8-6-12(15)7-9-14/h2,6-9,13,16H,3,5,10-11,15H2,1H3. The van der Waals surface area contributed by atoms with Crippen molar-refractivity contribution >= 4 is 27.5 Å². The van der Waals surface area contributed by atoms with Crippen LogP contribution in [0.25, 0.3) is 0 Å². The Balaban J connectivity index is 2.43. The first-order valence-corrected chi connectivity index (χ1v) is 9.05. The Morgan fingerprint density at radius 1 is 1.40 bits per heavy atom. The summed E-state index contributed by atoms with van der Waals surface area (Å²) in [6, 6.07) is 6.93. The molecule has 0 amide bonds. The van der Waals surface area contributed by atoms with Crippen molar-refractivity contribution in [2.45, 2.75) is 30.7 Å². The normalized spacial score (nSPS) is 12.8. The molecule has 0 saturated heterocycles. The first-order chi connectivity index (χ1) is 9.46. The van der Waals surface area contributed by atoms with Gasteiger partial charge in [-0.05, 0) is 30.7 Å². The lowest BCUT2D eigenvalue weighted by Crippen LogP contribution is -2.35. The minimum absolute atomic E-state index is 0.0456. The maximum absolute atomic E-state index is 11.9. The van der Waals surface area contributed by atoms with Gasteiger partial charge in [-0.15, -0.1) is 18.2 Å². The molecule has 3 N–H and O–H groups in total. The van der Waals surface area contributed by atoms with Crippen molar-refractivity contribution in [2.24, 2.45) is 0 Å². The highest BCUT2D eigenvalue weighted by atomic mass is 32.2. The molecular formula is C14H20N2O2S2. The van der Waals surface area contributed by atoms with E-state index in [4.69, 9.17) is 12.2 Å². The van der Waals surface area contributed by atoms with Crippen LogP contribution in [0.1, 0.15) is 19.8 Å². The molecule has 1 aromatic rings. The van der Waals surface area contributed by atoms with E-state index in [9.17, 15) is 8.42 Å². The molecule has 4 nitrogen and oxygen atoms in total. The number of anilines is 1. The van der Waals surface area contributed by atoms with E-state index in [1.54, 1.807) is 12.1 Å². The summed E-state index contributed by atoms with van der Waals surface area (Å²) in [7, 11) is -3.33. The maximum atomic E-state index is 11.9. The average molecular weight is 312 g/mol. The van der Waals surface area contributed by atoms with Crippen molar-refractivity contribution < 1.29 is 8.42 Å². The molecule has 0 heterocycles. The highest BCUT2D eigenvalue weighted by Gasteiger charge is 2.15. The third-order valence-corrected chi connectivity index (χ3v) is 5.26. The van der Waals surface area contributed by atoms with Gasteiger partial charge >= 0.3 is 0 Å². The van der Waals surface area contributed by atoms with Gasteiger partial charge in [0.1, 0.15) is 0 Å². The summed E-state index contributed by atoms with van der Waals surface area (Å²) in [6.45, 7) is 1.97. The molecular weight excluding hydrogens is 292 g/mol. The summed E-state index contributed by atoms with van der Waals surface area (Å²) in [5.41, 5.74) is 6.28. The van der Waals surface area contributed by atoms with E-state index < -0.39 is 16.1 Å². The largest absolute Gasteiger partial charge is 0.399 e. The van der Waals surface area contributed by atoms with Gasteiger partial charge in [-0.1, -0.05) is 19.3 Å². The number of thioether (sulfide) groups is 1. The SMILES string of the molecule is C#CC(CCC)NS(=O)(=O)CCSc1ccc(N)cc1. The van der Waals surface area contributed by atoms with Crippen LogP contribution in [0.4, 0.5) is 5.69 Å². The van der Waals surface area contributed by atoms with Crippen molar-refractivity contribution in [1.29, 1.82) is 0 Å². The van der Waals surface area contributed by atoms with Crippen LogP contribution in [0, 0.1) is 12.3 Å². The number of benzene rings is 1. The topological polar surface area (TPSA) is 72.2 Å². The number of sulfonamides is 1. The van der Waals surface area contributed by atoms with Crippen LogP contribution in [0.5, 0.6) is 0 Å². The third-order valence-electron chi connectivity index (χ3n) is 2.60. The van der Waals surface area contributed by atoms with Gasteiger partial charge in [0.05, 0.1) is 11.8 Å². The molecule has 1 aromatic carbocycles. The number of nitrogen functional groups attached to an aromatic ring is 1. The lowest BCUT2D eigenvalue weighted by molar-refractivity contribution is 0.566. The number of nitrogens with two attached hydrogens (primary N) is 1. The van der Waals surface area contributed by atoms with Crippen LogP contribution in [0.3, 0.4) is 0 Å². The lowest BCUT2D eigenvalue weighted by atomic mass is 10.2. The highest BCUT2D eigenvalue weighted by molar-refractivity contribution is 8.00. The number of hydrogen-bond acceptors (Lipinski definition) is 4.